The Labute approximate surface area is 158 Å². The summed E-state index contributed by atoms with van der Waals surface area (Å²) in [5, 5.41) is 3.11. The van der Waals surface area contributed by atoms with Crippen LogP contribution in [0.4, 0.5) is 21.5 Å². The molecule has 0 aromatic heterocycles. The van der Waals surface area contributed by atoms with E-state index in [1.807, 2.05) is 6.92 Å². The number of ether oxygens (including phenoxy) is 1. The maximum Gasteiger partial charge on any atom is 0.307 e. The van der Waals surface area contributed by atoms with Crippen molar-refractivity contribution in [2.75, 3.05) is 35.6 Å². The molecule has 0 heterocycles. The second kappa shape index (κ2) is 9.56. The normalized spacial score (nSPS) is 10.3. The number of halogens is 1. The molecule has 0 spiro atoms. The Morgan fingerprint density at radius 3 is 2.44 bits per heavy atom. The molecule has 0 fully saturated rings. The van der Waals surface area contributed by atoms with Crippen LogP contribution >= 0.6 is 0 Å². The largest absolute Gasteiger partial charge is 0.466 e. The fourth-order valence-corrected chi connectivity index (χ4v) is 2.61. The van der Waals surface area contributed by atoms with Gasteiger partial charge in [-0.3, -0.25) is 9.59 Å². The molecule has 0 saturated carbocycles. The summed E-state index contributed by atoms with van der Waals surface area (Å²) in [4.78, 5) is 26.2. The summed E-state index contributed by atoms with van der Waals surface area (Å²) in [6.07, 6.45) is 0.0297. The highest BCUT2D eigenvalue weighted by atomic mass is 19.1. The number of nitrogen functional groups attached to an aromatic ring is 1. The Hall–Kier alpha value is -3.09. The number of nitrogens with one attached hydrogen (secondary N) is 1. The summed E-state index contributed by atoms with van der Waals surface area (Å²) in [5.41, 5.74) is 8.07. The van der Waals surface area contributed by atoms with Crippen LogP contribution < -0.4 is 16.0 Å². The molecule has 6 nitrogen and oxygen atoms in total. The van der Waals surface area contributed by atoms with E-state index in [4.69, 9.17) is 10.5 Å². The van der Waals surface area contributed by atoms with Gasteiger partial charge in [0.2, 0.25) is 0 Å². The number of nitrogens with two attached hydrogens (primary N) is 1. The molecule has 2 aromatic carbocycles. The standard InChI is InChI=1S/C20H24FN3O3/c1-3-23-18-10-5-14(13-17(18)22)20(26)24(12-11-19(25)27-4-2)16-8-6-15(21)7-9-16/h5-10,13,23H,3-4,11-12,22H2,1-2H3. The zero-order valence-electron chi connectivity index (χ0n) is 15.5. The number of nitrogens with zero attached hydrogens (tertiary/aromatic N) is 1. The zero-order valence-corrected chi connectivity index (χ0v) is 15.5. The maximum absolute atomic E-state index is 13.3. The quantitative estimate of drug-likeness (QED) is 0.547. The van der Waals surface area contributed by atoms with Crippen molar-refractivity contribution in [1.82, 2.24) is 0 Å². The van der Waals surface area contributed by atoms with Crippen molar-refractivity contribution in [1.29, 1.82) is 0 Å². The monoisotopic (exact) mass is 373 g/mol. The van der Waals surface area contributed by atoms with Gasteiger partial charge in [0.1, 0.15) is 5.82 Å². The summed E-state index contributed by atoms with van der Waals surface area (Å²) in [7, 11) is 0. The van der Waals surface area contributed by atoms with Gasteiger partial charge in [0, 0.05) is 24.3 Å². The van der Waals surface area contributed by atoms with Gasteiger partial charge >= 0.3 is 5.97 Å². The number of rotatable bonds is 8. The molecular weight excluding hydrogens is 349 g/mol. The third-order valence-corrected chi connectivity index (χ3v) is 3.89. The zero-order chi connectivity index (χ0) is 19.8. The van der Waals surface area contributed by atoms with E-state index in [1.54, 1.807) is 25.1 Å². The van der Waals surface area contributed by atoms with Crippen LogP contribution in [0.2, 0.25) is 0 Å². The van der Waals surface area contributed by atoms with Crippen LogP contribution in [0, 0.1) is 5.82 Å². The second-order valence-corrected chi connectivity index (χ2v) is 5.82. The summed E-state index contributed by atoms with van der Waals surface area (Å²) in [6.45, 7) is 4.75. The first-order valence-corrected chi connectivity index (χ1v) is 8.82. The molecule has 0 atom stereocenters. The third-order valence-electron chi connectivity index (χ3n) is 3.89. The van der Waals surface area contributed by atoms with Gasteiger partial charge < -0.3 is 20.7 Å². The third kappa shape index (κ3) is 5.44. The summed E-state index contributed by atoms with van der Waals surface area (Å²) < 4.78 is 18.2. The van der Waals surface area contributed by atoms with Crippen molar-refractivity contribution >= 4 is 28.9 Å². The van der Waals surface area contributed by atoms with E-state index in [1.165, 1.54) is 29.2 Å². The van der Waals surface area contributed by atoms with Crippen molar-refractivity contribution in [2.24, 2.45) is 0 Å². The van der Waals surface area contributed by atoms with Gasteiger partial charge in [0.05, 0.1) is 24.4 Å². The molecular formula is C20H24FN3O3. The molecule has 7 heteroatoms. The molecule has 0 aliphatic rings. The van der Waals surface area contributed by atoms with Crippen molar-refractivity contribution in [2.45, 2.75) is 20.3 Å². The lowest BCUT2D eigenvalue weighted by atomic mass is 10.1. The highest BCUT2D eigenvalue weighted by Crippen LogP contribution is 2.23. The molecule has 144 valence electrons. The Bertz CT molecular complexity index is 794. The van der Waals surface area contributed by atoms with Crippen LogP contribution in [0.15, 0.2) is 42.5 Å². The van der Waals surface area contributed by atoms with E-state index in [2.05, 4.69) is 5.32 Å². The first-order valence-electron chi connectivity index (χ1n) is 8.82. The molecule has 3 N–H and O–H groups in total. The first kappa shape index (κ1) is 20.2. The number of hydrogen-bond acceptors (Lipinski definition) is 5. The molecule has 0 aliphatic carbocycles. The molecule has 1 amide bonds. The van der Waals surface area contributed by atoms with Gasteiger partial charge in [0.15, 0.2) is 0 Å². The lowest BCUT2D eigenvalue weighted by Crippen LogP contribution is -2.33. The van der Waals surface area contributed by atoms with Crippen LogP contribution in [-0.2, 0) is 9.53 Å². The minimum atomic E-state index is -0.407. The highest BCUT2D eigenvalue weighted by molar-refractivity contribution is 6.07. The Morgan fingerprint density at radius 2 is 1.85 bits per heavy atom. The average molecular weight is 373 g/mol. The van der Waals surface area contributed by atoms with E-state index < -0.39 is 11.8 Å². The molecule has 27 heavy (non-hydrogen) atoms. The predicted octanol–water partition coefficient (Wildman–Crippen LogP) is 3.44. The van der Waals surface area contributed by atoms with Crippen LogP contribution in [0.3, 0.4) is 0 Å². The number of carbonyl (C=O) groups excluding carboxylic acids is 2. The molecule has 0 unspecified atom stereocenters. The van der Waals surface area contributed by atoms with Crippen molar-refractivity contribution < 1.29 is 18.7 Å². The smallest absolute Gasteiger partial charge is 0.307 e. The number of anilines is 3. The highest BCUT2D eigenvalue weighted by Gasteiger charge is 2.20. The van der Waals surface area contributed by atoms with Crippen LogP contribution in [0.1, 0.15) is 30.6 Å². The van der Waals surface area contributed by atoms with Crippen LogP contribution in [0.5, 0.6) is 0 Å². The molecule has 0 radical (unpaired) electrons. The van der Waals surface area contributed by atoms with E-state index in [-0.39, 0.29) is 25.5 Å². The van der Waals surface area contributed by atoms with Crippen LogP contribution in [-0.4, -0.2) is 31.6 Å². The molecule has 2 rings (SSSR count). The minimum Gasteiger partial charge on any atom is -0.466 e. The maximum atomic E-state index is 13.3. The van der Waals surface area contributed by atoms with Gasteiger partial charge in [-0.1, -0.05) is 0 Å². The van der Waals surface area contributed by atoms with E-state index in [0.29, 0.717) is 23.5 Å². The number of amides is 1. The summed E-state index contributed by atoms with van der Waals surface area (Å²) in [6, 6.07) is 10.5. The number of hydrogen-bond donors (Lipinski definition) is 2. The van der Waals surface area contributed by atoms with Crippen molar-refractivity contribution in [3.63, 3.8) is 0 Å². The Morgan fingerprint density at radius 1 is 1.15 bits per heavy atom. The molecule has 0 aliphatic heterocycles. The fraction of sp³-hybridized carbons (Fsp3) is 0.300. The molecule has 0 bridgehead atoms. The van der Waals surface area contributed by atoms with E-state index in [9.17, 15) is 14.0 Å². The number of benzene rings is 2. The minimum absolute atomic E-state index is 0.0297. The van der Waals surface area contributed by atoms with Gasteiger partial charge in [-0.15, -0.1) is 0 Å². The Balaban J connectivity index is 2.28. The van der Waals surface area contributed by atoms with Crippen molar-refractivity contribution in [3.8, 4) is 0 Å². The average Bonchev–Trinajstić information content (AvgIpc) is 2.65. The summed E-state index contributed by atoms with van der Waals surface area (Å²) in [5.74, 6) is -1.14. The van der Waals surface area contributed by atoms with Gasteiger partial charge in [-0.25, -0.2) is 4.39 Å². The Kier molecular flexibility index (Phi) is 7.16. The summed E-state index contributed by atoms with van der Waals surface area (Å²) >= 11 is 0. The van der Waals surface area contributed by atoms with Gasteiger partial charge in [0.25, 0.3) is 5.91 Å². The topological polar surface area (TPSA) is 84.7 Å². The molecule has 2 aromatic rings. The van der Waals surface area contributed by atoms with Gasteiger partial charge in [-0.2, -0.15) is 0 Å². The van der Waals surface area contributed by atoms with Crippen molar-refractivity contribution in [3.05, 3.63) is 53.8 Å². The SMILES string of the molecule is CCNc1ccc(C(=O)N(CCC(=O)OCC)c2ccc(F)cc2)cc1N. The molecule has 0 saturated heterocycles. The lowest BCUT2D eigenvalue weighted by Gasteiger charge is -2.23. The number of esters is 1. The second-order valence-electron chi connectivity index (χ2n) is 5.82. The predicted molar refractivity (Wildman–Crippen MR) is 104 cm³/mol. The first-order chi connectivity index (χ1) is 13.0. The van der Waals surface area contributed by atoms with Crippen LogP contribution in [0.25, 0.3) is 0 Å². The van der Waals surface area contributed by atoms with E-state index in [0.717, 1.165) is 5.69 Å². The van der Waals surface area contributed by atoms with E-state index >= 15 is 0 Å². The number of carbonyl (C=O) groups is 2. The van der Waals surface area contributed by atoms with Gasteiger partial charge in [-0.05, 0) is 56.3 Å². The lowest BCUT2D eigenvalue weighted by molar-refractivity contribution is -0.142. The fourth-order valence-electron chi connectivity index (χ4n) is 2.61.